The highest BCUT2D eigenvalue weighted by molar-refractivity contribution is 5.90. The lowest BCUT2D eigenvalue weighted by Crippen LogP contribution is -2.04. The van der Waals surface area contributed by atoms with Gasteiger partial charge in [-0.2, -0.15) is 18.4 Å². The van der Waals surface area contributed by atoms with Crippen molar-refractivity contribution in [2.75, 3.05) is 0 Å². The molecule has 2 aromatic carbocycles. The van der Waals surface area contributed by atoms with Crippen LogP contribution in [0.15, 0.2) is 48.7 Å². The van der Waals surface area contributed by atoms with E-state index < -0.39 is 11.7 Å². The number of benzene rings is 2. The Bertz CT molecular complexity index is 941. The van der Waals surface area contributed by atoms with Crippen LogP contribution in [0.25, 0.3) is 10.9 Å². The lowest BCUT2D eigenvalue weighted by atomic mass is 10.1. The van der Waals surface area contributed by atoms with E-state index in [0.717, 1.165) is 17.7 Å². The Morgan fingerprint density at radius 2 is 1.79 bits per heavy atom. The van der Waals surface area contributed by atoms with E-state index in [2.05, 4.69) is 11.1 Å². The van der Waals surface area contributed by atoms with E-state index in [0.29, 0.717) is 22.2 Å². The molecule has 1 heterocycles. The molecule has 0 spiro atoms. The number of rotatable bonds is 2. The summed E-state index contributed by atoms with van der Waals surface area (Å²) >= 11 is 0. The van der Waals surface area contributed by atoms with Crippen LogP contribution in [0.3, 0.4) is 0 Å². The number of hydrogen-bond donors (Lipinski definition) is 0. The second kappa shape index (κ2) is 5.85. The largest absolute Gasteiger partial charge is 0.455 e. The van der Waals surface area contributed by atoms with Crippen LogP contribution in [-0.4, -0.2) is 4.98 Å². The van der Waals surface area contributed by atoms with Crippen molar-refractivity contribution in [2.24, 2.45) is 0 Å². The highest BCUT2D eigenvalue weighted by atomic mass is 19.4. The van der Waals surface area contributed by atoms with Crippen LogP contribution in [0.1, 0.15) is 16.7 Å². The fourth-order valence-electron chi connectivity index (χ4n) is 2.32. The lowest BCUT2D eigenvalue weighted by molar-refractivity contribution is -0.137. The van der Waals surface area contributed by atoms with E-state index in [1.165, 1.54) is 12.1 Å². The number of aryl methyl sites for hydroxylation is 1. The van der Waals surface area contributed by atoms with Gasteiger partial charge in [-0.3, -0.25) is 4.98 Å². The third-order valence-electron chi connectivity index (χ3n) is 3.48. The van der Waals surface area contributed by atoms with Gasteiger partial charge in [-0.15, -0.1) is 0 Å². The van der Waals surface area contributed by atoms with Gasteiger partial charge < -0.3 is 4.74 Å². The number of nitrogens with zero attached hydrogens (tertiary/aromatic N) is 2. The molecule has 0 aliphatic rings. The van der Waals surface area contributed by atoms with Gasteiger partial charge in [0, 0.05) is 11.6 Å². The van der Waals surface area contributed by atoms with Gasteiger partial charge in [-0.25, -0.2) is 0 Å². The predicted molar refractivity (Wildman–Crippen MR) is 82.7 cm³/mol. The molecule has 0 amide bonds. The van der Waals surface area contributed by atoms with Gasteiger partial charge in [0.15, 0.2) is 5.75 Å². The molecule has 0 bridgehead atoms. The van der Waals surface area contributed by atoms with E-state index >= 15 is 0 Å². The fraction of sp³-hybridized carbons (Fsp3) is 0.111. The molecule has 0 aliphatic carbocycles. The predicted octanol–water partition coefficient (Wildman–Crippen LogP) is 5.23. The Hall–Kier alpha value is -3.07. The molecule has 0 N–H and O–H groups in total. The first-order valence-corrected chi connectivity index (χ1v) is 7.03. The van der Waals surface area contributed by atoms with E-state index in [-0.39, 0.29) is 5.75 Å². The average molecular weight is 328 g/mol. The zero-order chi connectivity index (χ0) is 17.3. The molecule has 0 saturated carbocycles. The highest BCUT2D eigenvalue weighted by Gasteiger charge is 2.30. The van der Waals surface area contributed by atoms with Crippen molar-refractivity contribution < 1.29 is 17.9 Å². The molecular weight excluding hydrogens is 317 g/mol. The Kier molecular flexibility index (Phi) is 3.86. The number of halogens is 3. The normalized spacial score (nSPS) is 11.3. The van der Waals surface area contributed by atoms with Crippen LogP contribution in [0.5, 0.6) is 11.5 Å². The fourth-order valence-corrected chi connectivity index (χ4v) is 2.32. The van der Waals surface area contributed by atoms with Gasteiger partial charge in [0.1, 0.15) is 11.3 Å². The zero-order valence-electron chi connectivity index (χ0n) is 12.6. The lowest BCUT2D eigenvalue weighted by Gasteiger charge is -2.11. The van der Waals surface area contributed by atoms with Gasteiger partial charge in [0.25, 0.3) is 0 Å². The Morgan fingerprint density at radius 3 is 2.42 bits per heavy atom. The Balaban J connectivity index is 2.01. The van der Waals surface area contributed by atoms with Gasteiger partial charge in [0.05, 0.1) is 17.2 Å². The van der Waals surface area contributed by atoms with E-state index in [1.54, 1.807) is 18.3 Å². The van der Waals surface area contributed by atoms with Crippen LogP contribution in [0.2, 0.25) is 0 Å². The third kappa shape index (κ3) is 3.01. The summed E-state index contributed by atoms with van der Waals surface area (Å²) in [4.78, 5) is 4.29. The summed E-state index contributed by atoms with van der Waals surface area (Å²) in [6.45, 7) is 1.86. The van der Waals surface area contributed by atoms with E-state index in [4.69, 9.17) is 4.74 Å². The quantitative estimate of drug-likeness (QED) is 0.647. The molecule has 6 heteroatoms. The van der Waals surface area contributed by atoms with Crippen LogP contribution >= 0.6 is 0 Å². The van der Waals surface area contributed by atoms with Crippen molar-refractivity contribution in [3.05, 3.63) is 65.4 Å². The average Bonchev–Trinajstić information content (AvgIpc) is 2.54. The number of pyridine rings is 1. The summed E-state index contributed by atoms with van der Waals surface area (Å²) in [5.74, 6) is 0.639. The minimum atomic E-state index is -4.39. The summed E-state index contributed by atoms with van der Waals surface area (Å²) < 4.78 is 43.4. The Morgan fingerprint density at radius 1 is 1.08 bits per heavy atom. The number of alkyl halides is 3. The molecular formula is C18H11F3N2O. The van der Waals surface area contributed by atoms with Gasteiger partial charge >= 0.3 is 6.18 Å². The monoisotopic (exact) mass is 328 g/mol. The summed E-state index contributed by atoms with van der Waals surface area (Å²) in [6, 6.07) is 11.5. The smallest absolute Gasteiger partial charge is 0.416 e. The number of ether oxygens (including phenoxy) is 1. The number of hydrogen-bond acceptors (Lipinski definition) is 3. The maximum Gasteiger partial charge on any atom is 0.416 e. The summed E-state index contributed by atoms with van der Waals surface area (Å²) in [7, 11) is 0. The first-order chi connectivity index (χ1) is 11.4. The molecule has 0 radical (unpaired) electrons. The topological polar surface area (TPSA) is 45.9 Å². The highest BCUT2D eigenvalue weighted by Crippen LogP contribution is 2.33. The molecule has 0 atom stereocenters. The van der Waals surface area contributed by atoms with Gasteiger partial charge in [0.2, 0.25) is 0 Å². The first kappa shape index (κ1) is 15.8. The molecule has 24 heavy (non-hydrogen) atoms. The second-order valence-corrected chi connectivity index (χ2v) is 5.26. The first-order valence-electron chi connectivity index (χ1n) is 7.03. The standard InChI is InChI=1S/C18H11F3N2O/c1-11-8-15-12(9-22)2-7-16(17(15)23-10-11)24-14-5-3-13(4-6-14)18(19,20)21/h2-8,10H,1H3. The van der Waals surface area contributed by atoms with E-state index in [1.807, 2.05) is 13.0 Å². The minimum absolute atomic E-state index is 0.261. The summed E-state index contributed by atoms with van der Waals surface area (Å²) in [6.07, 6.45) is -2.75. The summed E-state index contributed by atoms with van der Waals surface area (Å²) in [5.41, 5.74) is 1.10. The van der Waals surface area contributed by atoms with Crippen LogP contribution in [0.4, 0.5) is 13.2 Å². The molecule has 1 aromatic heterocycles. The molecule has 0 fully saturated rings. The van der Waals surface area contributed by atoms with Crippen molar-refractivity contribution in [1.82, 2.24) is 4.98 Å². The SMILES string of the molecule is Cc1cnc2c(Oc3ccc(C(F)(F)F)cc3)ccc(C#N)c2c1. The van der Waals surface area contributed by atoms with Crippen molar-refractivity contribution in [2.45, 2.75) is 13.1 Å². The molecule has 120 valence electrons. The maximum atomic E-state index is 12.6. The maximum absolute atomic E-state index is 12.6. The van der Waals surface area contributed by atoms with Gasteiger partial charge in [-0.1, -0.05) is 0 Å². The van der Waals surface area contributed by atoms with Crippen LogP contribution in [0, 0.1) is 18.3 Å². The molecule has 0 saturated heterocycles. The zero-order valence-corrected chi connectivity index (χ0v) is 12.6. The number of aromatic nitrogens is 1. The van der Waals surface area contributed by atoms with Crippen molar-refractivity contribution in [1.29, 1.82) is 5.26 Å². The third-order valence-corrected chi connectivity index (χ3v) is 3.48. The van der Waals surface area contributed by atoms with Crippen LogP contribution in [-0.2, 0) is 6.18 Å². The molecule has 3 nitrogen and oxygen atoms in total. The van der Waals surface area contributed by atoms with Crippen LogP contribution < -0.4 is 4.74 Å². The number of nitriles is 1. The van der Waals surface area contributed by atoms with Crippen molar-refractivity contribution >= 4 is 10.9 Å². The molecule has 0 aliphatic heterocycles. The molecule has 3 rings (SSSR count). The molecule has 0 unspecified atom stereocenters. The summed E-state index contributed by atoms with van der Waals surface area (Å²) in [5, 5.41) is 9.83. The van der Waals surface area contributed by atoms with Gasteiger partial charge in [-0.05, 0) is 55.0 Å². The van der Waals surface area contributed by atoms with Crippen molar-refractivity contribution in [3.63, 3.8) is 0 Å². The number of fused-ring (bicyclic) bond motifs is 1. The molecule has 3 aromatic rings. The second-order valence-electron chi connectivity index (χ2n) is 5.26. The van der Waals surface area contributed by atoms with E-state index in [9.17, 15) is 18.4 Å². The minimum Gasteiger partial charge on any atom is -0.455 e. The Labute approximate surface area is 135 Å². The van der Waals surface area contributed by atoms with Crippen molar-refractivity contribution in [3.8, 4) is 17.6 Å².